The van der Waals surface area contributed by atoms with Crippen LogP contribution in [0.5, 0.6) is 0 Å². The van der Waals surface area contributed by atoms with Crippen molar-refractivity contribution in [2.24, 2.45) is 0 Å². The SMILES string of the molecule is CC(C)(C)OC(=O)N1CCCCC1c1ccc(-c2cc(=O)c3ccc4nc(C(F)(F)F)[nH]c4c3o2)cc1. The van der Waals surface area contributed by atoms with Gasteiger partial charge in [0.25, 0.3) is 0 Å². The number of rotatable bonds is 2. The molecule has 5 rings (SSSR count). The van der Waals surface area contributed by atoms with Gasteiger partial charge in [-0.15, -0.1) is 0 Å². The van der Waals surface area contributed by atoms with Crippen LogP contribution in [0.3, 0.4) is 0 Å². The molecule has 1 aliphatic heterocycles. The van der Waals surface area contributed by atoms with Crippen LogP contribution in [0.1, 0.15) is 57.5 Å². The predicted octanol–water partition coefficient (Wildman–Crippen LogP) is 6.82. The zero-order valence-corrected chi connectivity index (χ0v) is 20.6. The fraction of sp³-hybridized carbons (Fsp3) is 0.370. The van der Waals surface area contributed by atoms with E-state index in [9.17, 15) is 22.8 Å². The number of benzene rings is 2. The highest BCUT2D eigenvalue weighted by molar-refractivity contribution is 6.00. The number of alkyl halides is 3. The summed E-state index contributed by atoms with van der Waals surface area (Å²) in [7, 11) is 0. The molecule has 1 atom stereocenters. The number of nitrogens with one attached hydrogen (secondary N) is 1. The summed E-state index contributed by atoms with van der Waals surface area (Å²) in [5.41, 5.74) is 0.588. The Bertz CT molecular complexity index is 1530. The molecule has 37 heavy (non-hydrogen) atoms. The third kappa shape index (κ3) is 4.92. The van der Waals surface area contributed by atoms with E-state index in [-0.39, 0.29) is 45.3 Å². The number of hydrogen-bond acceptors (Lipinski definition) is 5. The maximum absolute atomic E-state index is 13.2. The van der Waals surface area contributed by atoms with E-state index in [1.807, 2.05) is 32.9 Å². The maximum Gasteiger partial charge on any atom is 0.449 e. The summed E-state index contributed by atoms with van der Waals surface area (Å²) in [5.74, 6) is -0.943. The molecule has 1 N–H and O–H groups in total. The molecular weight excluding hydrogens is 487 g/mol. The highest BCUT2D eigenvalue weighted by Crippen LogP contribution is 2.35. The second-order valence-electron chi connectivity index (χ2n) is 10.2. The van der Waals surface area contributed by atoms with Crippen LogP contribution in [0, 0.1) is 0 Å². The summed E-state index contributed by atoms with van der Waals surface area (Å²) in [6.45, 7) is 6.09. The number of hydrogen-bond donors (Lipinski definition) is 1. The quantitative estimate of drug-likeness (QED) is 0.318. The van der Waals surface area contributed by atoms with Gasteiger partial charge in [-0.25, -0.2) is 9.78 Å². The van der Waals surface area contributed by atoms with Gasteiger partial charge in [-0.05, 0) is 57.7 Å². The first-order valence-corrected chi connectivity index (χ1v) is 12.0. The number of nitrogens with zero attached hydrogens (tertiary/aromatic N) is 2. The number of aromatic nitrogens is 2. The topological polar surface area (TPSA) is 88.4 Å². The van der Waals surface area contributed by atoms with E-state index in [4.69, 9.17) is 9.15 Å². The highest BCUT2D eigenvalue weighted by Gasteiger charge is 2.35. The van der Waals surface area contributed by atoms with Gasteiger partial charge >= 0.3 is 12.3 Å². The average molecular weight is 514 g/mol. The van der Waals surface area contributed by atoms with Crippen molar-refractivity contribution in [1.82, 2.24) is 14.9 Å². The number of amides is 1. The second-order valence-corrected chi connectivity index (χ2v) is 10.2. The van der Waals surface area contributed by atoms with E-state index >= 15 is 0 Å². The van der Waals surface area contributed by atoms with Gasteiger partial charge in [0, 0.05) is 18.2 Å². The number of fused-ring (bicyclic) bond motifs is 3. The van der Waals surface area contributed by atoms with Crippen LogP contribution in [0.2, 0.25) is 0 Å². The number of ether oxygens (including phenoxy) is 1. The largest absolute Gasteiger partial charge is 0.454 e. The minimum atomic E-state index is -4.66. The van der Waals surface area contributed by atoms with E-state index < -0.39 is 17.6 Å². The molecule has 1 saturated heterocycles. The first kappa shape index (κ1) is 24.9. The summed E-state index contributed by atoms with van der Waals surface area (Å²) in [4.78, 5) is 33.2. The van der Waals surface area contributed by atoms with Gasteiger partial charge in [0.1, 0.15) is 16.9 Å². The van der Waals surface area contributed by atoms with Crippen molar-refractivity contribution in [3.63, 3.8) is 0 Å². The lowest BCUT2D eigenvalue weighted by Crippen LogP contribution is -2.41. The number of carbonyl (C=O) groups excluding carboxylic acids is 1. The number of H-pyrrole nitrogens is 1. The molecule has 0 aliphatic carbocycles. The van der Waals surface area contributed by atoms with Crippen molar-refractivity contribution in [1.29, 1.82) is 0 Å². The zero-order chi connectivity index (χ0) is 26.5. The van der Waals surface area contributed by atoms with Crippen molar-refractivity contribution in [3.8, 4) is 11.3 Å². The third-order valence-electron chi connectivity index (χ3n) is 6.33. The first-order chi connectivity index (χ1) is 17.4. The molecule has 4 aromatic rings. The van der Waals surface area contributed by atoms with Crippen LogP contribution in [0.4, 0.5) is 18.0 Å². The molecular formula is C27H26F3N3O4. The van der Waals surface area contributed by atoms with Crippen molar-refractivity contribution in [2.75, 3.05) is 6.54 Å². The minimum absolute atomic E-state index is 0.00968. The Balaban J connectivity index is 1.50. The molecule has 1 aliphatic rings. The van der Waals surface area contributed by atoms with Gasteiger partial charge in [0.05, 0.1) is 16.9 Å². The predicted molar refractivity (Wildman–Crippen MR) is 132 cm³/mol. The molecule has 1 unspecified atom stereocenters. The summed E-state index contributed by atoms with van der Waals surface area (Å²) in [5, 5.41) is 0.153. The average Bonchev–Trinajstić information content (AvgIpc) is 3.29. The Kier molecular flexibility index (Phi) is 6.00. The minimum Gasteiger partial charge on any atom is -0.454 e. The summed E-state index contributed by atoms with van der Waals surface area (Å²) >= 11 is 0. The van der Waals surface area contributed by atoms with E-state index in [0.717, 1.165) is 24.8 Å². The Morgan fingerprint density at radius 3 is 2.51 bits per heavy atom. The van der Waals surface area contributed by atoms with Gasteiger partial charge in [-0.3, -0.25) is 4.79 Å². The van der Waals surface area contributed by atoms with Crippen LogP contribution in [0.25, 0.3) is 33.3 Å². The molecule has 194 valence electrons. The van der Waals surface area contributed by atoms with Crippen LogP contribution in [0.15, 0.2) is 51.7 Å². The van der Waals surface area contributed by atoms with Crippen molar-refractivity contribution < 1.29 is 27.1 Å². The molecule has 10 heteroatoms. The summed E-state index contributed by atoms with van der Waals surface area (Å²) < 4.78 is 51.1. The summed E-state index contributed by atoms with van der Waals surface area (Å²) in [6.07, 6.45) is -2.35. The molecule has 1 amide bonds. The second kappa shape index (κ2) is 8.93. The molecule has 0 saturated carbocycles. The molecule has 0 spiro atoms. The highest BCUT2D eigenvalue weighted by atomic mass is 19.4. The van der Waals surface area contributed by atoms with Crippen LogP contribution in [-0.2, 0) is 10.9 Å². The zero-order valence-electron chi connectivity index (χ0n) is 20.6. The van der Waals surface area contributed by atoms with E-state index in [1.165, 1.54) is 18.2 Å². The lowest BCUT2D eigenvalue weighted by atomic mass is 9.94. The van der Waals surface area contributed by atoms with Gasteiger partial charge in [0.2, 0.25) is 5.82 Å². The first-order valence-electron chi connectivity index (χ1n) is 12.0. The smallest absolute Gasteiger partial charge is 0.449 e. The lowest BCUT2D eigenvalue weighted by molar-refractivity contribution is -0.144. The van der Waals surface area contributed by atoms with Crippen molar-refractivity contribution in [3.05, 3.63) is 64.1 Å². The Morgan fingerprint density at radius 2 is 1.84 bits per heavy atom. The maximum atomic E-state index is 13.2. The van der Waals surface area contributed by atoms with E-state index in [1.54, 1.807) is 17.0 Å². The number of piperidine rings is 1. The number of carbonyl (C=O) groups is 1. The number of halogens is 3. The van der Waals surface area contributed by atoms with Gasteiger partial charge in [-0.2, -0.15) is 13.2 Å². The molecule has 3 heterocycles. The normalized spacial score (nSPS) is 16.9. The van der Waals surface area contributed by atoms with E-state index in [2.05, 4.69) is 9.97 Å². The Labute approximate surface area is 210 Å². The molecule has 7 nitrogen and oxygen atoms in total. The lowest BCUT2D eigenvalue weighted by Gasteiger charge is -2.37. The van der Waals surface area contributed by atoms with Gasteiger partial charge in [0.15, 0.2) is 11.0 Å². The Morgan fingerprint density at radius 1 is 1.11 bits per heavy atom. The van der Waals surface area contributed by atoms with Crippen LogP contribution < -0.4 is 5.43 Å². The number of likely N-dealkylation sites (tertiary alicyclic amines) is 1. The monoisotopic (exact) mass is 513 g/mol. The molecule has 2 aromatic carbocycles. The fourth-order valence-corrected chi connectivity index (χ4v) is 4.65. The molecule has 0 radical (unpaired) electrons. The number of aromatic amines is 1. The Hall–Kier alpha value is -3.82. The van der Waals surface area contributed by atoms with Gasteiger partial charge < -0.3 is 19.0 Å². The van der Waals surface area contributed by atoms with Gasteiger partial charge in [-0.1, -0.05) is 24.3 Å². The summed E-state index contributed by atoms with van der Waals surface area (Å²) in [6, 6.07) is 11.2. The van der Waals surface area contributed by atoms with Crippen molar-refractivity contribution in [2.45, 2.75) is 57.9 Å². The van der Waals surface area contributed by atoms with Crippen molar-refractivity contribution >= 4 is 28.1 Å². The molecule has 0 bridgehead atoms. The number of imidazole rings is 1. The molecule has 2 aromatic heterocycles. The third-order valence-corrected chi connectivity index (χ3v) is 6.33. The van der Waals surface area contributed by atoms with Crippen LogP contribution >= 0.6 is 0 Å². The molecule has 1 fully saturated rings. The van der Waals surface area contributed by atoms with E-state index in [0.29, 0.717) is 12.1 Å². The standard InChI is InChI=1S/C27H26F3N3O4/c1-26(2,3)37-25(35)33-13-5-4-6-19(33)15-7-9-16(10-8-15)21-14-20(34)17-11-12-18-22(23(17)36-21)32-24(31-18)27(28,29)30/h7-12,14,19H,4-6,13H2,1-3H3,(H,31,32). The fourth-order valence-electron chi connectivity index (χ4n) is 4.65. The van der Waals surface area contributed by atoms with Crippen LogP contribution in [-0.4, -0.2) is 33.1 Å².